The van der Waals surface area contributed by atoms with Gasteiger partial charge in [0, 0.05) is 25.4 Å². The molecule has 0 aliphatic heterocycles. The van der Waals surface area contributed by atoms with Gasteiger partial charge in [0.05, 0.1) is 12.2 Å². The molecule has 4 nitrogen and oxygen atoms in total. The highest BCUT2D eigenvalue weighted by molar-refractivity contribution is 5.88. The molecule has 1 aromatic carbocycles. The summed E-state index contributed by atoms with van der Waals surface area (Å²) in [5.41, 5.74) is 1.22. The average Bonchev–Trinajstić information content (AvgIpc) is 2.29. The Hall–Kier alpha value is -1.55. The Morgan fingerprint density at radius 2 is 2.18 bits per heavy atom. The van der Waals surface area contributed by atoms with E-state index in [1.54, 1.807) is 25.3 Å². The van der Waals surface area contributed by atoms with Crippen molar-refractivity contribution in [3.05, 3.63) is 29.8 Å². The third kappa shape index (κ3) is 3.75. The first kappa shape index (κ1) is 13.5. The third-order valence-electron chi connectivity index (χ3n) is 2.58. The summed E-state index contributed by atoms with van der Waals surface area (Å²) < 4.78 is 5.06. The van der Waals surface area contributed by atoms with Crippen molar-refractivity contribution in [3.63, 3.8) is 0 Å². The predicted molar refractivity (Wildman–Crippen MR) is 67.8 cm³/mol. The van der Waals surface area contributed by atoms with E-state index >= 15 is 0 Å². The van der Waals surface area contributed by atoms with Crippen LogP contribution in [-0.2, 0) is 4.74 Å². The molecule has 0 unspecified atom stereocenters. The fraction of sp³-hybridized carbons (Fsp3) is 0.462. The summed E-state index contributed by atoms with van der Waals surface area (Å²) >= 11 is 0. The summed E-state index contributed by atoms with van der Waals surface area (Å²) in [6, 6.07) is 7.27. The number of rotatable bonds is 6. The number of carboxylic acids is 1. The van der Waals surface area contributed by atoms with E-state index in [1.165, 1.54) is 0 Å². The van der Waals surface area contributed by atoms with Crippen LogP contribution in [0, 0.1) is 0 Å². The van der Waals surface area contributed by atoms with Gasteiger partial charge < -0.3 is 14.7 Å². The van der Waals surface area contributed by atoms with E-state index in [-0.39, 0.29) is 0 Å². The van der Waals surface area contributed by atoms with Crippen molar-refractivity contribution in [2.75, 3.05) is 25.2 Å². The predicted octanol–water partition coefficient (Wildman–Crippen LogP) is 2.25. The quantitative estimate of drug-likeness (QED) is 0.824. The molecule has 94 valence electrons. The van der Waals surface area contributed by atoms with Crippen LogP contribution >= 0.6 is 0 Å². The molecule has 0 saturated heterocycles. The van der Waals surface area contributed by atoms with E-state index in [0.29, 0.717) is 18.2 Å². The summed E-state index contributed by atoms with van der Waals surface area (Å²) in [6.45, 7) is 5.51. The van der Waals surface area contributed by atoms with Gasteiger partial charge in [-0.2, -0.15) is 0 Å². The number of carboxylic acid groups (broad SMARTS) is 1. The highest BCUT2D eigenvalue weighted by Gasteiger charge is 2.12. The minimum Gasteiger partial charge on any atom is -0.478 e. The summed E-state index contributed by atoms with van der Waals surface area (Å²) in [5, 5.41) is 8.96. The standard InChI is InChI=1S/C13H19NO3/c1-10(2)14(7-8-17-3)12-6-4-5-11(9-12)13(15)16/h4-6,9-10H,7-8H2,1-3H3,(H,15,16). The molecule has 0 bridgehead atoms. The second-order valence-electron chi connectivity index (χ2n) is 4.14. The summed E-state index contributed by atoms with van der Waals surface area (Å²) in [7, 11) is 1.66. The number of hydrogen-bond acceptors (Lipinski definition) is 3. The number of hydrogen-bond donors (Lipinski definition) is 1. The first-order valence-electron chi connectivity index (χ1n) is 5.65. The van der Waals surface area contributed by atoms with E-state index in [0.717, 1.165) is 12.2 Å². The lowest BCUT2D eigenvalue weighted by Gasteiger charge is -2.28. The van der Waals surface area contributed by atoms with E-state index < -0.39 is 5.97 Å². The molecular formula is C13H19NO3. The molecule has 0 amide bonds. The van der Waals surface area contributed by atoms with Gasteiger partial charge in [-0.05, 0) is 32.0 Å². The number of benzene rings is 1. The molecule has 1 rings (SSSR count). The number of aromatic carboxylic acids is 1. The largest absolute Gasteiger partial charge is 0.478 e. The maximum Gasteiger partial charge on any atom is 0.335 e. The van der Waals surface area contributed by atoms with Crippen LogP contribution in [0.5, 0.6) is 0 Å². The zero-order valence-electron chi connectivity index (χ0n) is 10.5. The zero-order valence-corrected chi connectivity index (χ0v) is 10.5. The highest BCUT2D eigenvalue weighted by atomic mass is 16.5. The van der Waals surface area contributed by atoms with Crippen LogP contribution in [0.25, 0.3) is 0 Å². The molecule has 4 heteroatoms. The topological polar surface area (TPSA) is 49.8 Å². The molecule has 0 fully saturated rings. The summed E-state index contributed by atoms with van der Waals surface area (Å²) in [5.74, 6) is -0.901. The smallest absolute Gasteiger partial charge is 0.335 e. The molecule has 0 radical (unpaired) electrons. The van der Waals surface area contributed by atoms with Crippen LogP contribution in [-0.4, -0.2) is 37.4 Å². The first-order chi connectivity index (χ1) is 8.06. The minimum atomic E-state index is -0.901. The van der Waals surface area contributed by atoms with Crippen LogP contribution in [0.1, 0.15) is 24.2 Å². The fourth-order valence-electron chi connectivity index (χ4n) is 1.69. The highest BCUT2D eigenvalue weighted by Crippen LogP contribution is 2.18. The van der Waals surface area contributed by atoms with Gasteiger partial charge in [0.15, 0.2) is 0 Å². The van der Waals surface area contributed by atoms with Crippen LogP contribution in [0.3, 0.4) is 0 Å². The fourth-order valence-corrected chi connectivity index (χ4v) is 1.69. The first-order valence-corrected chi connectivity index (χ1v) is 5.65. The van der Waals surface area contributed by atoms with Crippen LogP contribution in [0.15, 0.2) is 24.3 Å². The number of anilines is 1. The van der Waals surface area contributed by atoms with Crippen molar-refractivity contribution in [2.45, 2.75) is 19.9 Å². The van der Waals surface area contributed by atoms with Crippen molar-refractivity contribution in [3.8, 4) is 0 Å². The van der Waals surface area contributed by atoms with Crippen molar-refractivity contribution in [1.82, 2.24) is 0 Å². The van der Waals surface area contributed by atoms with Gasteiger partial charge in [-0.1, -0.05) is 6.07 Å². The second kappa shape index (κ2) is 6.25. The lowest BCUT2D eigenvalue weighted by molar-refractivity contribution is 0.0697. The Labute approximate surface area is 102 Å². The molecule has 0 aromatic heterocycles. The van der Waals surface area contributed by atoms with Gasteiger partial charge in [0.1, 0.15) is 0 Å². The number of nitrogens with zero attached hydrogens (tertiary/aromatic N) is 1. The van der Waals surface area contributed by atoms with Gasteiger partial charge in [-0.3, -0.25) is 0 Å². The van der Waals surface area contributed by atoms with E-state index in [1.807, 2.05) is 6.07 Å². The van der Waals surface area contributed by atoms with Crippen molar-refractivity contribution in [1.29, 1.82) is 0 Å². The Morgan fingerprint density at radius 3 is 2.71 bits per heavy atom. The molecular weight excluding hydrogens is 218 g/mol. The normalized spacial score (nSPS) is 10.6. The van der Waals surface area contributed by atoms with Gasteiger partial charge in [0.2, 0.25) is 0 Å². The lowest BCUT2D eigenvalue weighted by Crippen LogP contribution is -2.33. The maximum atomic E-state index is 10.9. The van der Waals surface area contributed by atoms with Gasteiger partial charge in [0.25, 0.3) is 0 Å². The van der Waals surface area contributed by atoms with E-state index in [9.17, 15) is 4.79 Å². The molecule has 0 atom stereocenters. The van der Waals surface area contributed by atoms with Gasteiger partial charge >= 0.3 is 5.97 Å². The molecule has 17 heavy (non-hydrogen) atoms. The minimum absolute atomic E-state index is 0.300. The Kier molecular flexibility index (Phi) is 4.97. The summed E-state index contributed by atoms with van der Waals surface area (Å²) in [6.07, 6.45) is 0. The Balaban J connectivity index is 2.93. The number of ether oxygens (including phenoxy) is 1. The van der Waals surface area contributed by atoms with Crippen molar-refractivity contribution < 1.29 is 14.6 Å². The third-order valence-corrected chi connectivity index (χ3v) is 2.58. The molecule has 0 saturated carbocycles. The van der Waals surface area contributed by atoms with Crippen LogP contribution in [0.4, 0.5) is 5.69 Å². The molecule has 1 aromatic rings. The Morgan fingerprint density at radius 1 is 1.47 bits per heavy atom. The monoisotopic (exact) mass is 237 g/mol. The lowest BCUT2D eigenvalue weighted by atomic mass is 10.1. The van der Waals surface area contributed by atoms with Crippen molar-refractivity contribution in [2.24, 2.45) is 0 Å². The van der Waals surface area contributed by atoms with Crippen molar-refractivity contribution >= 4 is 11.7 Å². The van der Waals surface area contributed by atoms with Gasteiger partial charge in [-0.25, -0.2) is 4.79 Å². The molecule has 0 heterocycles. The van der Waals surface area contributed by atoms with Crippen LogP contribution in [0.2, 0.25) is 0 Å². The second-order valence-corrected chi connectivity index (χ2v) is 4.14. The molecule has 0 spiro atoms. The molecule has 1 N–H and O–H groups in total. The average molecular weight is 237 g/mol. The maximum absolute atomic E-state index is 10.9. The van der Waals surface area contributed by atoms with Gasteiger partial charge in [-0.15, -0.1) is 0 Å². The number of carbonyl (C=O) groups is 1. The van der Waals surface area contributed by atoms with Crippen LogP contribution < -0.4 is 4.90 Å². The van der Waals surface area contributed by atoms with E-state index in [4.69, 9.17) is 9.84 Å². The zero-order chi connectivity index (χ0) is 12.8. The molecule has 0 aliphatic rings. The number of methoxy groups -OCH3 is 1. The SMILES string of the molecule is COCCN(c1cccc(C(=O)O)c1)C(C)C. The molecule has 0 aliphatic carbocycles. The summed E-state index contributed by atoms with van der Waals surface area (Å²) in [4.78, 5) is 13.0. The van der Waals surface area contributed by atoms with E-state index in [2.05, 4.69) is 18.7 Å². The Bertz CT molecular complexity index is 377.